The Morgan fingerprint density at radius 3 is 2.70 bits per heavy atom. The molecule has 3 rings (SSSR count). The zero-order valence-electron chi connectivity index (χ0n) is 11.8. The first-order chi connectivity index (χ1) is 11.1. The standard InChI is InChI=1S/C16H11ClFN3OS/c17-12-6-4-10(5-7-12)8-14-20-21-16(23-14)19-15(22)11-2-1-3-13(18)9-11/h1-7,9H,8H2,(H,19,21,22). The van der Waals surface area contributed by atoms with E-state index in [0.29, 0.717) is 16.6 Å². The highest BCUT2D eigenvalue weighted by Crippen LogP contribution is 2.20. The quantitative estimate of drug-likeness (QED) is 0.770. The Hall–Kier alpha value is -2.31. The van der Waals surface area contributed by atoms with Crippen LogP contribution < -0.4 is 5.32 Å². The second kappa shape index (κ2) is 6.85. The summed E-state index contributed by atoms with van der Waals surface area (Å²) in [7, 11) is 0. The van der Waals surface area contributed by atoms with E-state index in [-0.39, 0.29) is 5.56 Å². The first kappa shape index (κ1) is 15.6. The van der Waals surface area contributed by atoms with Gasteiger partial charge in [-0.2, -0.15) is 0 Å². The van der Waals surface area contributed by atoms with Gasteiger partial charge in [-0.05, 0) is 35.9 Å². The van der Waals surface area contributed by atoms with Gasteiger partial charge in [-0.15, -0.1) is 10.2 Å². The number of rotatable bonds is 4. The fraction of sp³-hybridized carbons (Fsp3) is 0.0625. The fourth-order valence-electron chi connectivity index (χ4n) is 1.95. The molecular weight excluding hydrogens is 337 g/mol. The second-order valence-electron chi connectivity index (χ2n) is 4.77. The third-order valence-electron chi connectivity index (χ3n) is 3.04. The van der Waals surface area contributed by atoms with Crippen molar-refractivity contribution >= 4 is 34.0 Å². The molecule has 0 unspecified atom stereocenters. The Kier molecular flexibility index (Phi) is 4.64. The van der Waals surface area contributed by atoms with Crippen molar-refractivity contribution in [2.45, 2.75) is 6.42 Å². The zero-order chi connectivity index (χ0) is 16.2. The molecule has 116 valence electrons. The minimum atomic E-state index is -0.460. The maximum absolute atomic E-state index is 13.1. The fourth-order valence-corrected chi connectivity index (χ4v) is 2.85. The van der Waals surface area contributed by atoms with Crippen LogP contribution in [0.25, 0.3) is 0 Å². The second-order valence-corrected chi connectivity index (χ2v) is 6.27. The van der Waals surface area contributed by atoms with E-state index < -0.39 is 11.7 Å². The molecule has 0 aliphatic carbocycles. The largest absolute Gasteiger partial charge is 0.296 e. The Balaban J connectivity index is 1.67. The number of nitrogens with one attached hydrogen (secondary N) is 1. The summed E-state index contributed by atoms with van der Waals surface area (Å²) in [5, 5.41) is 12.4. The molecule has 23 heavy (non-hydrogen) atoms. The number of anilines is 1. The van der Waals surface area contributed by atoms with E-state index >= 15 is 0 Å². The lowest BCUT2D eigenvalue weighted by atomic mass is 10.2. The highest BCUT2D eigenvalue weighted by atomic mass is 35.5. The molecule has 4 nitrogen and oxygen atoms in total. The lowest BCUT2D eigenvalue weighted by molar-refractivity contribution is 0.102. The van der Waals surface area contributed by atoms with Crippen molar-refractivity contribution < 1.29 is 9.18 Å². The van der Waals surface area contributed by atoms with E-state index in [9.17, 15) is 9.18 Å². The summed E-state index contributed by atoms with van der Waals surface area (Å²) >= 11 is 7.12. The minimum Gasteiger partial charge on any atom is -0.296 e. The van der Waals surface area contributed by atoms with Gasteiger partial charge in [0.1, 0.15) is 10.8 Å². The van der Waals surface area contributed by atoms with E-state index in [2.05, 4.69) is 15.5 Å². The number of nitrogens with zero attached hydrogens (tertiary/aromatic N) is 2. The van der Waals surface area contributed by atoms with Gasteiger partial charge >= 0.3 is 0 Å². The number of benzene rings is 2. The SMILES string of the molecule is O=C(Nc1nnc(Cc2ccc(Cl)cc2)s1)c1cccc(F)c1. The highest BCUT2D eigenvalue weighted by Gasteiger charge is 2.11. The number of amides is 1. The van der Waals surface area contributed by atoms with E-state index in [1.54, 1.807) is 0 Å². The molecule has 0 bridgehead atoms. The summed E-state index contributed by atoms with van der Waals surface area (Å²) in [6, 6.07) is 12.9. The lowest BCUT2D eigenvalue weighted by Gasteiger charge is -2.00. The summed E-state index contributed by atoms with van der Waals surface area (Å²) in [5.41, 5.74) is 1.29. The van der Waals surface area contributed by atoms with Crippen LogP contribution >= 0.6 is 22.9 Å². The first-order valence-electron chi connectivity index (χ1n) is 6.74. The van der Waals surface area contributed by atoms with Crippen molar-refractivity contribution in [1.82, 2.24) is 10.2 Å². The summed E-state index contributed by atoms with van der Waals surface area (Å²) in [5.74, 6) is -0.878. The van der Waals surface area contributed by atoms with Crippen molar-refractivity contribution in [3.8, 4) is 0 Å². The van der Waals surface area contributed by atoms with Crippen LogP contribution in [0.5, 0.6) is 0 Å². The molecule has 0 saturated heterocycles. The molecule has 1 N–H and O–H groups in total. The topological polar surface area (TPSA) is 54.9 Å². The number of hydrogen-bond donors (Lipinski definition) is 1. The highest BCUT2D eigenvalue weighted by molar-refractivity contribution is 7.15. The van der Waals surface area contributed by atoms with Crippen molar-refractivity contribution in [1.29, 1.82) is 0 Å². The van der Waals surface area contributed by atoms with Gasteiger partial charge in [0.15, 0.2) is 0 Å². The smallest absolute Gasteiger partial charge is 0.257 e. The van der Waals surface area contributed by atoms with Crippen LogP contribution in [0.1, 0.15) is 20.9 Å². The number of carbonyl (C=O) groups excluding carboxylic acids is 1. The van der Waals surface area contributed by atoms with E-state index in [1.165, 1.54) is 35.6 Å². The summed E-state index contributed by atoms with van der Waals surface area (Å²) in [6.07, 6.45) is 0.602. The van der Waals surface area contributed by atoms with Gasteiger partial charge in [0.2, 0.25) is 5.13 Å². The molecule has 0 fully saturated rings. The van der Waals surface area contributed by atoms with Crippen LogP contribution in [0.3, 0.4) is 0 Å². The number of halogens is 2. The Labute approximate surface area is 141 Å². The maximum Gasteiger partial charge on any atom is 0.257 e. The van der Waals surface area contributed by atoms with Crippen LogP contribution in [-0.4, -0.2) is 16.1 Å². The monoisotopic (exact) mass is 347 g/mol. The van der Waals surface area contributed by atoms with Gasteiger partial charge in [-0.25, -0.2) is 4.39 Å². The predicted octanol–water partition coefficient (Wildman–Crippen LogP) is 4.17. The summed E-state index contributed by atoms with van der Waals surface area (Å²) in [6.45, 7) is 0. The van der Waals surface area contributed by atoms with E-state index in [0.717, 1.165) is 10.6 Å². The molecule has 0 spiro atoms. The number of aromatic nitrogens is 2. The number of hydrogen-bond acceptors (Lipinski definition) is 4. The Bertz CT molecular complexity index is 835. The van der Waals surface area contributed by atoms with Gasteiger partial charge < -0.3 is 0 Å². The summed E-state index contributed by atoms with van der Waals surface area (Å²) in [4.78, 5) is 12.0. The van der Waals surface area contributed by atoms with Gasteiger partial charge in [0, 0.05) is 17.0 Å². The van der Waals surface area contributed by atoms with Crippen molar-refractivity contribution in [2.75, 3.05) is 5.32 Å². The molecule has 0 radical (unpaired) electrons. The van der Waals surface area contributed by atoms with Gasteiger partial charge in [-0.3, -0.25) is 10.1 Å². The first-order valence-corrected chi connectivity index (χ1v) is 7.93. The van der Waals surface area contributed by atoms with E-state index in [4.69, 9.17) is 11.6 Å². The van der Waals surface area contributed by atoms with Crippen LogP contribution in [0.4, 0.5) is 9.52 Å². The van der Waals surface area contributed by atoms with Crippen LogP contribution in [0.15, 0.2) is 48.5 Å². The molecule has 0 atom stereocenters. The van der Waals surface area contributed by atoms with Crippen LogP contribution in [0.2, 0.25) is 5.02 Å². The molecule has 1 aromatic heterocycles. The molecule has 1 amide bonds. The Morgan fingerprint density at radius 2 is 1.96 bits per heavy atom. The molecule has 7 heteroatoms. The van der Waals surface area contributed by atoms with Gasteiger partial charge in [0.25, 0.3) is 5.91 Å². The number of carbonyl (C=O) groups is 1. The average Bonchev–Trinajstić information content (AvgIpc) is 2.96. The maximum atomic E-state index is 13.1. The molecule has 2 aromatic carbocycles. The third kappa shape index (κ3) is 4.12. The van der Waals surface area contributed by atoms with Gasteiger partial charge in [0.05, 0.1) is 0 Å². The molecular formula is C16H11ClFN3OS. The lowest BCUT2D eigenvalue weighted by Crippen LogP contribution is -2.11. The summed E-state index contributed by atoms with van der Waals surface area (Å²) < 4.78 is 13.1. The zero-order valence-corrected chi connectivity index (χ0v) is 13.4. The average molecular weight is 348 g/mol. The Morgan fingerprint density at radius 1 is 1.17 bits per heavy atom. The normalized spacial score (nSPS) is 10.5. The molecule has 0 aliphatic rings. The predicted molar refractivity (Wildman–Crippen MR) is 88.5 cm³/mol. The van der Waals surface area contributed by atoms with Crippen LogP contribution in [0, 0.1) is 5.82 Å². The molecule has 1 heterocycles. The van der Waals surface area contributed by atoms with Crippen molar-refractivity contribution in [2.24, 2.45) is 0 Å². The van der Waals surface area contributed by atoms with Crippen LogP contribution in [-0.2, 0) is 6.42 Å². The van der Waals surface area contributed by atoms with Crippen molar-refractivity contribution in [3.05, 3.63) is 75.5 Å². The minimum absolute atomic E-state index is 0.236. The molecule has 0 saturated carbocycles. The van der Waals surface area contributed by atoms with Crippen molar-refractivity contribution in [3.63, 3.8) is 0 Å². The molecule has 3 aromatic rings. The molecule has 0 aliphatic heterocycles. The van der Waals surface area contributed by atoms with Gasteiger partial charge in [-0.1, -0.05) is 41.1 Å². The van der Waals surface area contributed by atoms with E-state index in [1.807, 2.05) is 24.3 Å². The third-order valence-corrected chi connectivity index (χ3v) is 4.13.